The lowest BCUT2D eigenvalue weighted by molar-refractivity contribution is -0.116. The van der Waals surface area contributed by atoms with E-state index in [1.807, 2.05) is 18.2 Å². The van der Waals surface area contributed by atoms with Gasteiger partial charge in [0.25, 0.3) is 0 Å². The van der Waals surface area contributed by atoms with Gasteiger partial charge in [-0.15, -0.1) is 0 Å². The van der Waals surface area contributed by atoms with Gasteiger partial charge < -0.3 is 11.1 Å². The smallest absolute Gasteiger partial charge is 0.244 e. The van der Waals surface area contributed by atoms with Crippen molar-refractivity contribution in [1.29, 1.82) is 0 Å². The molecule has 3 N–H and O–H groups in total. The molecule has 0 atom stereocenters. The maximum Gasteiger partial charge on any atom is 0.244 e. The number of anilines is 1. The first-order valence-electron chi connectivity index (χ1n) is 9.27. The van der Waals surface area contributed by atoms with Gasteiger partial charge in [0.2, 0.25) is 11.8 Å². The molecule has 0 radical (unpaired) electrons. The first-order valence-corrected chi connectivity index (χ1v) is 9.27. The molecule has 0 spiro atoms. The van der Waals surface area contributed by atoms with Crippen LogP contribution in [0.5, 0.6) is 0 Å². The van der Waals surface area contributed by atoms with Gasteiger partial charge in [-0.1, -0.05) is 36.4 Å². The Morgan fingerprint density at radius 2 is 1.96 bits per heavy atom. The second-order valence-electron chi connectivity index (χ2n) is 7.12. The molecule has 140 valence electrons. The SMILES string of the molecule is Cc1ccc(CC(=Cc2cnc3c(c2)CCC(=O)N3)C(N)=O)c2ccccc12. The molecule has 3 aromatic rings. The van der Waals surface area contributed by atoms with Crippen LogP contribution >= 0.6 is 0 Å². The molecule has 1 aliphatic heterocycles. The minimum Gasteiger partial charge on any atom is -0.366 e. The molecule has 1 aromatic heterocycles. The van der Waals surface area contributed by atoms with Crippen molar-refractivity contribution in [3.63, 3.8) is 0 Å². The van der Waals surface area contributed by atoms with E-state index in [1.54, 1.807) is 12.3 Å². The van der Waals surface area contributed by atoms with Crippen molar-refractivity contribution >= 4 is 34.5 Å². The molecule has 2 heterocycles. The van der Waals surface area contributed by atoms with E-state index in [1.165, 1.54) is 10.9 Å². The van der Waals surface area contributed by atoms with Crippen LogP contribution in [0, 0.1) is 6.92 Å². The molecule has 0 fully saturated rings. The average molecular weight is 371 g/mol. The van der Waals surface area contributed by atoms with Crippen molar-refractivity contribution in [3.05, 3.63) is 76.5 Å². The first-order chi connectivity index (χ1) is 13.5. The van der Waals surface area contributed by atoms with E-state index in [9.17, 15) is 9.59 Å². The summed E-state index contributed by atoms with van der Waals surface area (Å²) in [6.07, 6.45) is 4.98. The summed E-state index contributed by atoms with van der Waals surface area (Å²) in [5, 5.41) is 5.07. The normalized spacial score (nSPS) is 13.9. The van der Waals surface area contributed by atoms with Gasteiger partial charge in [-0.3, -0.25) is 9.59 Å². The number of fused-ring (bicyclic) bond motifs is 2. The zero-order valence-electron chi connectivity index (χ0n) is 15.7. The van der Waals surface area contributed by atoms with Crippen molar-refractivity contribution in [1.82, 2.24) is 4.98 Å². The lowest BCUT2D eigenvalue weighted by Gasteiger charge is -2.16. The lowest BCUT2D eigenvalue weighted by atomic mass is 9.94. The molecule has 0 aliphatic carbocycles. The predicted molar refractivity (Wildman–Crippen MR) is 111 cm³/mol. The predicted octanol–water partition coefficient (Wildman–Crippen LogP) is 3.54. The Bertz CT molecular complexity index is 1130. The van der Waals surface area contributed by atoms with E-state index >= 15 is 0 Å². The summed E-state index contributed by atoms with van der Waals surface area (Å²) < 4.78 is 0. The minimum atomic E-state index is -0.448. The molecule has 0 saturated heterocycles. The number of aromatic nitrogens is 1. The van der Waals surface area contributed by atoms with Crippen molar-refractivity contribution in [3.8, 4) is 0 Å². The number of rotatable bonds is 4. The maximum atomic E-state index is 12.1. The van der Waals surface area contributed by atoms with E-state index in [0.29, 0.717) is 30.7 Å². The van der Waals surface area contributed by atoms with Gasteiger partial charge in [0.1, 0.15) is 5.82 Å². The average Bonchev–Trinajstić information content (AvgIpc) is 2.69. The Morgan fingerprint density at radius 1 is 1.18 bits per heavy atom. The lowest BCUT2D eigenvalue weighted by Crippen LogP contribution is -2.20. The summed E-state index contributed by atoms with van der Waals surface area (Å²) in [4.78, 5) is 27.9. The van der Waals surface area contributed by atoms with Crippen LogP contribution in [0.2, 0.25) is 0 Å². The van der Waals surface area contributed by atoms with E-state index in [0.717, 1.165) is 22.1 Å². The molecule has 2 amide bonds. The highest BCUT2D eigenvalue weighted by atomic mass is 16.2. The van der Waals surface area contributed by atoms with Crippen LogP contribution < -0.4 is 11.1 Å². The molecule has 5 nitrogen and oxygen atoms in total. The van der Waals surface area contributed by atoms with Gasteiger partial charge >= 0.3 is 0 Å². The number of hydrogen-bond donors (Lipinski definition) is 2. The number of nitrogens with two attached hydrogens (primary N) is 1. The third-order valence-corrected chi connectivity index (χ3v) is 5.14. The van der Waals surface area contributed by atoms with E-state index in [4.69, 9.17) is 5.73 Å². The van der Waals surface area contributed by atoms with Crippen molar-refractivity contribution in [2.24, 2.45) is 5.73 Å². The molecule has 0 saturated carbocycles. The second kappa shape index (κ2) is 7.27. The quantitative estimate of drug-likeness (QED) is 0.688. The molecule has 28 heavy (non-hydrogen) atoms. The molecular weight excluding hydrogens is 350 g/mol. The van der Waals surface area contributed by atoms with Crippen LogP contribution in [0.1, 0.15) is 28.7 Å². The monoisotopic (exact) mass is 371 g/mol. The fourth-order valence-electron chi connectivity index (χ4n) is 3.64. The number of pyridine rings is 1. The fourth-order valence-corrected chi connectivity index (χ4v) is 3.64. The summed E-state index contributed by atoms with van der Waals surface area (Å²) in [6.45, 7) is 2.08. The van der Waals surface area contributed by atoms with Gasteiger partial charge in [0, 0.05) is 24.6 Å². The standard InChI is InChI=1S/C23H21N3O2/c1-14-6-7-16(20-5-3-2-4-19(14)20)12-18(22(24)28)11-15-10-17-8-9-21(27)26-23(17)25-13-15/h2-7,10-11,13H,8-9,12H2,1H3,(H2,24,28)(H,25,26,27). The van der Waals surface area contributed by atoms with Crippen LogP contribution in [0.4, 0.5) is 5.82 Å². The largest absolute Gasteiger partial charge is 0.366 e. The van der Waals surface area contributed by atoms with Gasteiger partial charge in [-0.25, -0.2) is 4.98 Å². The van der Waals surface area contributed by atoms with Gasteiger partial charge in [0.05, 0.1) is 0 Å². The Morgan fingerprint density at radius 3 is 2.75 bits per heavy atom. The fraction of sp³-hybridized carbons (Fsp3) is 0.174. The number of primary amides is 1. The number of hydrogen-bond acceptors (Lipinski definition) is 3. The molecule has 0 bridgehead atoms. The van der Waals surface area contributed by atoms with Crippen molar-refractivity contribution in [2.45, 2.75) is 26.2 Å². The molecule has 5 heteroatoms. The Kier molecular flexibility index (Phi) is 4.65. The zero-order valence-corrected chi connectivity index (χ0v) is 15.7. The Hall–Kier alpha value is -3.47. The molecule has 1 aliphatic rings. The van der Waals surface area contributed by atoms with E-state index in [-0.39, 0.29) is 5.91 Å². The number of carbonyl (C=O) groups excluding carboxylic acids is 2. The van der Waals surface area contributed by atoms with Crippen LogP contribution in [0.15, 0.2) is 54.2 Å². The van der Waals surface area contributed by atoms with Crippen LogP contribution in [0.3, 0.4) is 0 Å². The number of amides is 2. The summed E-state index contributed by atoms with van der Waals surface area (Å²) in [5.41, 5.74) is 10.2. The maximum absolute atomic E-state index is 12.1. The molecular formula is C23H21N3O2. The minimum absolute atomic E-state index is 0.0210. The third-order valence-electron chi connectivity index (χ3n) is 5.14. The highest BCUT2D eigenvalue weighted by Gasteiger charge is 2.16. The van der Waals surface area contributed by atoms with Crippen LogP contribution in [-0.2, 0) is 22.4 Å². The van der Waals surface area contributed by atoms with E-state index < -0.39 is 5.91 Å². The first kappa shape index (κ1) is 17.9. The topological polar surface area (TPSA) is 85.1 Å². The van der Waals surface area contributed by atoms with Crippen molar-refractivity contribution < 1.29 is 9.59 Å². The van der Waals surface area contributed by atoms with Gasteiger partial charge in [-0.2, -0.15) is 0 Å². The summed E-state index contributed by atoms with van der Waals surface area (Å²) in [7, 11) is 0. The van der Waals surface area contributed by atoms with Crippen LogP contribution in [-0.4, -0.2) is 16.8 Å². The Balaban J connectivity index is 1.70. The second-order valence-corrected chi connectivity index (χ2v) is 7.12. The van der Waals surface area contributed by atoms with Crippen molar-refractivity contribution in [2.75, 3.05) is 5.32 Å². The highest BCUT2D eigenvalue weighted by Crippen LogP contribution is 2.26. The van der Waals surface area contributed by atoms with E-state index in [2.05, 4.69) is 41.5 Å². The molecule has 0 unspecified atom stereocenters. The molecule has 4 rings (SSSR count). The number of carbonyl (C=O) groups is 2. The summed E-state index contributed by atoms with van der Waals surface area (Å²) >= 11 is 0. The number of nitrogens with one attached hydrogen (secondary N) is 1. The number of benzene rings is 2. The summed E-state index contributed by atoms with van der Waals surface area (Å²) in [6, 6.07) is 14.2. The highest BCUT2D eigenvalue weighted by molar-refractivity contribution is 5.99. The van der Waals surface area contributed by atoms with Gasteiger partial charge in [0.15, 0.2) is 0 Å². The van der Waals surface area contributed by atoms with Crippen LogP contribution in [0.25, 0.3) is 16.8 Å². The van der Waals surface area contributed by atoms with Gasteiger partial charge in [-0.05, 0) is 58.5 Å². The zero-order chi connectivity index (χ0) is 19.7. The summed E-state index contributed by atoms with van der Waals surface area (Å²) in [5.74, 6) is 0.126. The third kappa shape index (κ3) is 3.51. The number of nitrogens with zero attached hydrogens (tertiary/aromatic N) is 1. The molecule has 2 aromatic carbocycles. The Labute approximate surface area is 163 Å². The number of aryl methyl sites for hydroxylation is 2.